The topological polar surface area (TPSA) is 50.4 Å². The highest BCUT2D eigenvalue weighted by atomic mass is 16.5. The SMILES string of the molecule is CCC(=O)Nc1ccc(NC2CCCOCC2)cc1. The average molecular weight is 262 g/mol. The van der Waals surface area contributed by atoms with E-state index in [0.29, 0.717) is 12.5 Å². The van der Waals surface area contributed by atoms with Crippen molar-refractivity contribution >= 4 is 17.3 Å². The minimum atomic E-state index is 0.0432. The fourth-order valence-corrected chi connectivity index (χ4v) is 2.18. The molecule has 4 heteroatoms. The van der Waals surface area contributed by atoms with Gasteiger partial charge in [-0.15, -0.1) is 0 Å². The molecule has 1 aliphatic heterocycles. The summed E-state index contributed by atoms with van der Waals surface area (Å²) in [5.74, 6) is 0.0432. The number of benzene rings is 1. The van der Waals surface area contributed by atoms with E-state index in [9.17, 15) is 4.79 Å². The van der Waals surface area contributed by atoms with Crippen molar-refractivity contribution in [3.05, 3.63) is 24.3 Å². The zero-order valence-electron chi connectivity index (χ0n) is 11.4. The highest BCUT2D eigenvalue weighted by molar-refractivity contribution is 5.90. The molecule has 0 radical (unpaired) electrons. The summed E-state index contributed by atoms with van der Waals surface area (Å²) in [4.78, 5) is 11.3. The Morgan fingerprint density at radius 3 is 2.68 bits per heavy atom. The minimum Gasteiger partial charge on any atom is -0.382 e. The fourth-order valence-electron chi connectivity index (χ4n) is 2.18. The third kappa shape index (κ3) is 4.56. The third-order valence-electron chi connectivity index (χ3n) is 3.31. The van der Waals surface area contributed by atoms with Gasteiger partial charge in [-0.3, -0.25) is 4.79 Å². The van der Waals surface area contributed by atoms with E-state index in [1.807, 2.05) is 31.2 Å². The molecule has 2 N–H and O–H groups in total. The number of anilines is 2. The molecule has 1 atom stereocenters. The van der Waals surface area contributed by atoms with E-state index in [1.54, 1.807) is 0 Å². The first kappa shape index (κ1) is 13.9. The van der Waals surface area contributed by atoms with Crippen molar-refractivity contribution in [2.75, 3.05) is 23.8 Å². The Morgan fingerprint density at radius 1 is 1.21 bits per heavy atom. The van der Waals surface area contributed by atoms with Gasteiger partial charge in [-0.1, -0.05) is 6.92 Å². The van der Waals surface area contributed by atoms with Crippen LogP contribution in [-0.2, 0) is 9.53 Å². The Hall–Kier alpha value is -1.55. The van der Waals surface area contributed by atoms with E-state index < -0.39 is 0 Å². The summed E-state index contributed by atoms with van der Waals surface area (Å²) in [6.45, 7) is 3.56. The minimum absolute atomic E-state index is 0.0432. The van der Waals surface area contributed by atoms with Gasteiger partial charge in [0.25, 0.3) is 0 Å². The lowest BCUT2D eigenvalue weighted by molar-refractivity contribution is -0.115. The Morgan fingerprint density at radius 2 is 1.95 bits per heavy atom. The van der Waals surface area contributed by atoms with Crippen LogP contribution in [0, 0.1) is 0 Å². The molecule has 0 saturated carbocycles. The Balaban J connectivity index is 1.88. The van der Waals surface area contributed by atoms with E-state index in [4.69, 9.17) is 4.74 Å². The number of ether oxygens (including phenoxy) is 1. The normalized spacial score (nSPS) is 19.5. The van der Waals surface area contributed by atoms with Crippen LogP contribution in [0.15, 0.2) is 24.3 Å². The lowest BCUT2D eigenvalue weighted by Gasteiger charge is -2.17. The highest BCUT2D eigenvalue weighted by Crippen LogP contribution is 2.18. The molecule has 1 unspecified atom stereocenters. The van der Waals surface area contributed by atoms with Crippen molar-refractivity contribution in [1.29, 1.82) is 0 Å². The molecule has 0 aliphatic carbocycles. The summed E-state index contributed by atoms with van der Waals surface area (Å²) in [6.07, 6.45) is 3.81. The number of hydrogen-bond donors (Lipinski definition) is 2. The second-order valence-electron chi connectivity index (χ2n) is 4.86. The van der Waals surface area contributed by atoms with Gasteiger partial charge in [-0.2, -0.15) is 0 Å². The van der Waals surface area contributed by atoms with E-state index >= 15 is 0 Å². The van der Waals surface area contributed by atoms with E-state index in [-0.39, 0.29) is 5.91 Å². The smallest absolute Gasteiger partial charge is 0.224 e. The van der Waals surface area contributed by atoms with E-state index in [0.717, 1.165) is 43.9 Å². The zero-order chi connectivity index (χ0) is 13.5. The quantitative estimate of drug-likeness (QED) is 0.877. The molecule has 1 amide bonds. The average Bonchev–Trinajstić information content (AvgIpc) is 2.69. The first-order valence-corrected chi connectivity index (χ1v) is 7.02. The van der Waals surface area contributed by atoms with Gasteiger partial charge >= 0.3 is 0 Å². The van der Waals surface area contributed by atoms with Crippen LogP contribution in [0.5, 0.6) is 0 Å². The Labute approximate surface area is 114 Å². The maximum absolute atomic E-state index is 11.3. The van der Waals surface area contributed by atoms with Crippen LogP contribution >= 0.6 is 0 Å². The molecule has 1 fully saturated rings. The lowest BCUT2D eigenvalue weighted by atomic mass is 10.1. The number of rotatable bonds is 4. The van der Waals surface area contributed by atoms with Crippen molar-refractivity contribution in [3.8, 4) is 0 Å². The molecule has 1 aromatic carbocycles. The molecule has 0 spiro atoms. The second-order valence-corrected chi connectivity index (χ2v) is 4.86. The molecule has 19 heavy (non-hydrogen) atoms. The van der Waals surface area contributed by atoms with Crippen molar-refractivity contribution < 1.29 is 9.53 Å². The van der Waals surface area contributed by atoms with Gasteiger partial charge in [0.15, 0.2) is 0 Å². The van der Waals surface area contributed by atoms with Crippen LogP contribution in [0.25, 0.3) is 0 Å². The van der Waals surface area contributed by atoms with Gasteiger partial charge in [0.2, 0.25) is 5.91 Å². The molecule has 0 aromatic heterocycles. The zero-order valence-corrected chi connectivity index (χ0v) is 11.4. The van der Waals surface area contributed by atoms with Crippen molar-refractivity contribution in [1.82, 2.24) is 0 Å². The van der Waals surface area contributed by atoms with Gasteiger partial charge < -0.3 is 15.4 Å². The summed E-state index contributed by atoms with van der Waals surface area (Å²) >= 11 is 0. The number of hydrogen-bond acceptors (Lipinski definition) is 3. The van der Waals surface area contributed by atoms with Crippen molar-refractivity contribution in [3.63, 3.8) is 0 Å². The van der Waals surface area contributed by atoms with Crippen LogP contribution in [0.4, 0.5) is 11.4 Å². The van der Waals surface area contributed by atoms with Crippen LogP contribution in [0.3, 0.4) is 0 Å². The third-order valence-corrected chi connectivity index (χ3v) is 3.31. The number of carbonyl (C=O) groups is 1. The molecule has 4 nitrogen and oxygen atoms in total. The van der Waals surface area contributed by atoms with Gasteiger partial charge in [-0.05, 0) is 43.5 Å². The number of carbonyl (C=O) groups excluding carboxylic acids is 1. The molecule has 0 bridgehead atoms. The fraction of sp³-hybridized carbons (Fsp3) is 0.533. The monoisotopic (exact) mass is 262 g/mol. The number of amides is 1. The van der Waals surface area contributed by atoms with Crippen molar-refractivity contribution in [2.24, 2.45) is 0 Å². The second kappa shape index (κ2) is 7.14. The van der Waals surface area contributed by atoms with Crippen LogP contribution in [-0.4, -0.2) is 25.2 Å². The number of nitrogens with one attached hydrogen (secondary N) is 2. The summed E-state index contributed by atoms with van der Waals surface area (Å²) in [5.41, 5.74) is 1.95. The summed E-state index contributed by atoms with van der Waals surface area (Å²) in [7, 11) is 0. The van der Waals surface area contributed by atoms with Gasteiger partial charge in [-0.25, -0.2) is 0 Å². The molecule has 104 valence electrons. The first-order valence-electron chi connectivity index (χ1n) is 7.02. The van der Waals surface area contributed by atoms with Crippen molar-refractivity contribution in [2.45, 2.75) is 38.6 Å². The maximum Gasteiger partial charge on any atom is 0.224 e. The molecule has 1 saturated heterocycles. The highest BCUT2D eigenvalue weighted by Gasteiger charge is 2.11. The summed E-state index contributed by atoms with van der Waals surface area (Å²) < 4.78 is 5.45. The van der Waals surface area contributed by atoms with E-state index in [1.165, 1.54) is 0 Å². The van der Waals surface area contributed by atoms with Gasteiger partial charge in [0.1, 0.15) is 0 Å². The lowest BCUT2D eigenvalue weighted by Crippen LogP contribution is -2.19. The molecule has 2 rings (SSSR count). The standard InChI is InChI=1S/C15H22N2O2/c1-2-15(18)17-14-7-5-13(6-8-14)16-12-4-3-10-19-11-9-12/h5-8,12,16H,2-4,9-11H2,1H3,(H,17,18). The predicted molar refractivity (Wildman–Crippen MR) is 77.4 cm³/mol. The summed E-state index contributed by atoms with van der Waals surface area (Å²) in [5, 5.41) is 6.37. The molecule has 1 aliphatic rings. The maximum atomic E-state index is 11.3. The predicted octanol–water partition coefficient (Wildman–Crippen LogP) is 3.02. The van der Waals surface area contributed by atoms with Crippen LogP contribution in [0.2, 0.25) is 0 Å². The first-order chi connectivity index (χ1) is 9.28. The molecule has 1 aromatic rings. The molecular weight excluding hydrogens is 240 g/mol. The van der Waals surface area contributed by atoms with Crippen LogP contribution in [0.1, 0.15) is 32.6 Å². The van der Waals surface area contributed by atoms with Crippen LogP contribution < -0.4 is 10.6 Å². The van der Waals surface area contributed by atoms with Gasteiger partial charge in [0, 0.05) is 37.1 Å². The molecule has 1 heterocycles. The van der Waals surface area contributed by atoms with E-state index in [2.05, 4.69) is 10.6 Å². The Kier molecular flexibility index (Phi) is 5.21. The Bertz CT molecular complexity index is 395. The largest absolute Gasteiger partial charge is 0.382 e. The molecular formula is C15H22N2O2. The summed E-state index contributed by atoms with van der Waals surface area (Å²) in [6, 6.07) is 8.37. The van der Waals surface area contributed by atoms with Gasteiger partial charge in [0.05, 0.1) is 0 Å².